The van der Waals surface area contributed by atoms with Crippen molar-refractivity contribution < 1.29 is 4.79 Å². The van der Waals surface area contributed by atoms with Crippen molar-refractivity contribution in [2.45, 2.75) is 32.6 Å². The van der Waals surface area contributed by atoms with E-state index < -0.39 is 0 Å². The van der Waals surface area contributed by atoms with E-state index >= 15 is 0 Å². The van der Waals surface area contributed by atoms with E-state index in [4.69, 9.17) is 0 Å². The van der Waals surface area contributed by atoms with Gasteiger partial charge in [0.1, 0.15) is 0 Å². The highest BCUT2D eigenvalue weighted by atomic mass is 16.2. The molecule has 19 heavy (non-hydrogen) atoms. The second-order valence-corrected chi connectivity index (χ2v) is 5.73. The molecule has 1 aliphatic heterocycles. The third kappa shape index (κ3) is 3.03. The summed E-state index contributed by atoms with van der Waals surface area (Å²) in [6, 6.07) is 3.80. The van der Waals surface area contributed by atoms with Crippen LogP contribution in [-0.4, -0.2) is 29.2 Å². The van der Waals surface area contributed by atoms with Gasteiger partial charge in [-0.15, -0.1) is 10.2 Å². The average Bonchev–Trinajstić information content (AvgIpc) is 3.24. The molecule has 1 saturated heterocycles. The molecule has 2 fully saturated rings. The number of carbonyl (C=O) groups excluding carboxylic acids is 1. The summed E-state index contributed by atoms with van der Waals surface area (Å²) >= 11 is 0. The summed E-state index contributed by atoms with van der Waals surface area (Å²) in [4.78, 5) is 13.9. The van der Waals surface area contributed by atoms with Crippen LogP contribution >= 0.6 is 0 Å². The molecular formula is C14H20N4O. The molecule has 102 valence electrons. The molecule has 0 bridgehead atoms. The summed E-state index contributed by atoms with van der Waals surface area (Å²) in [5, 5.41) is 11.1. The highest BCUT2D eigenvalue weighted by Gasteiger charge is 2.29. The van der Waals surface area contributed by atoms with Crippen molar-refractivity contribution in [3.63, 3.8) is 0 Å². The topological polar surface area (TPSA) is 58.1 Å². The molecular weight excluding hydrogens is 240 g/mol. The Morgan fingerprint density at radius 2 is 2.16 bits per heavy atom. The minimum atomic E-state index is 0.0774. The largest absolute Gasteiger partial charge is 0.355 e. The number of hydrogen-bond acceptors (Lipinski definition) is 4. The van der Waals surface area contributed by atoms with Crippen LogP contribution in [0.5, 0.6) is 0 Å². The summed E-state index contributed by atoms with van der Waals surface area (Å²) in [5.41, 5.74) is 0. The Bertz CT molecular complexity index is 455. The molecule has 1 atom stereocenters. The fourth-order valence-corrected chi connectivity index (χ4v) is 2.53. The van der Waals surface area contributed by atoms with E-state index in [-0.39, 0.29) is 11.8 Å². The highest BCUT2D eigenvalue weighted by molar-refractivity contribution is 5.93. The fraction of sp³-hybridized carbons (Fsp3) is 0.643. The van der Waals surface area contributed by atoms with Crippen LogP contribution in [-0.2, 0) is 4.79 Å². The van der Waals surface area contributed by atoms with Crippen LogP contribution in [0.15, 0.2) is 12.1 Å². The molecule has 1 aromatic rings. The number of piperidine rings is 1. The summed E-state index contributed by atoms with van der Waals surface area (Å²) in [5.74, 6) is 2.46. The van der Waals surface area contributed by atoms with Crippen molar-refractivity contribution in [2.24, 2.45) is 11.8 Å². The van der Waals surface area contributed by atoms with Gasteiger partial charge in [-0.25, -0.2) is 0 Å². The molecule has 0 aromatic carbocycles. The van der Waals surface area contributed by atoms with Crippen LogP contribution in [0.3, 0.4) is 0 Å². The highest BCUT2D eigenvalue weighted by Crippen LogP contribution is 2.30. The molecule has 2 heterocycles. The molecule has 1 amide bonds. The molecule has 5 heteroatoms. The van der Waals surface area contributed by atoms with Crippen LogP contribution in [0.2, 0.25) is 0 Å². The molecule has 1 unspecified atom stereocenters. The molecule has 5 nitrogen and oxygen atoms in total. The van der Waals surface area contributed by atoms with E-state index in [1.807, 2.05) is 12.1 Å². The van der Waals surface area contributed by atoms with Gasteiger partial charge in [-0.1, -0.05) is 6.92 Å². The lowest BCUT2D eigenvalue weighted by atomic mass is 10.0. The van der Waals surface area contributed by atoms with Crippen molar-refractivity contribution in [3.05, 3.63) is 12.1 Å². The number of anilines is 2. The summed E-state index contributed by atoms with van der Waals surface area (Å²) in [7, 11) is 0. The van der Waals surface area contributed by atoms with Crippen LogP contribution in [0.1, 0.15) is 32.6 Å². The normalized spacial score (nSPS) is 23.2. The Labute approximate surface area is 113 Å². The molecule has 1 aromatic heterocycles. The van der Waals surface area contributed by atoms with Crippen molar-refractivity contribution >= 4 is 17.5 Å². The zero-order chi connectivity index (χ0) is 13.2. The summed E-state index contributed by atoms with van der Waals surface area (Å²) in [6.45, 7) is 4.36. The number of nitrogens with one attached hydrogen (secondary N) is 1. The van der Waals surface area contributed by atoms with Crippen molar-refractivity contribution in [3.8, 4) is 0 Å². The minimum Gasteiger partial charge on any atom is -0.355 e. The molecule has 1 aliphatic carbocycles. The van der Waals surface area contributed by atoms with Gasteiger partial charge in [-0.05, 0) is 43.7 Å². The Kier molecular flexibility index (Phi) is 3.36. The minimum absolute atomic E-state index is 0.0774. The Hall–Kier alpha value is -1.65. The van der Waals surface area contributed by atoms with Crippen molar-refractivity contribution in [2.75, 3.05) is 23.3 Å². The quantitative estimate of drug-likeness (QED) is 0.903. The lowest BCUT2D eigenvalue weighted by molar-refractivity contribution is -0.117. The third-order valence-electron chi connectivity index (χ3n) is 3.83. The van der Waals surface area contributed by atoms with Crippen LogP contribution in [0, 0.1) is 11.8 Å². The molecule has 3 rings (SSSR count). The second-order valence-electron chi connectivity index (χ2n) is 5.73. The van der Waals surface area contributed by atoms with Gasteiger partial charge in [0.15, 0.2) is 11.6 Å². The van der Waals surface area contributed by atoms with Gasteiger partial charge in [0.2, 0.25) is 5.91 Å². The molecule has 0 radical (unpaired) electrons. The molecule has 2 aliphatic rings. The predicted molar refractivity (Wildman–Crippen MR) is 74.0 cm³/mol. The van der Waals surface area contributed by atoms with E-state index in [0.717, 1.165) is 31.7 Å². The average molecular weight is 260 g/mol. The van der Waals surface area contributed by atoms with Gasteiger partial charge in [0.05, 0.1) is 0 Å². The van der Waals surface area contributed by atoms with Gasteiger partial charge in [0, 0.05) is 19.0 Å². The van der Waals surface area contributed by atoms with Crippen LogP contribution in [0.4, 0.5) is 11.6 Å². The maximum Gasteiger partial charge on any atom is 0.228 e. The first-order valence-corrected chi connectivity index (χ1v) is 7.12. The SMILES string of the molecule is CC1CCCN(c2ccc(NC(=O)C3CC3)nn2)C1. The first kappa shape index (κ1) is 12.4. The van der Waals surface area contributed by atoms with Gasteiger partial charge in [-0.3, -0.25) is 4.79 Å². The Morgan fingerprint density at radius 3 is 2.79 bits per heavy atom. The number of aromatic nitrogens is 2. The summed E-state index contributed by atoms with van der Waals surface area (Å²) in [6.07, 6.45) is 4.51. The van der Waals surface area contributed by atoms with Crippen molar-refractivity contribution in [1.29, 1.82) is 0 Å². The monoisotopic (exact) mass is 260 g/mol. The van der Waals surface area contributed by atoms with Crippen LogP contribution in [0.25, 0.3) is 0 Å². The van der Waals surface area contributed by atoms with Gasteiger partial charge in [-0.2, -0.15) is 0 Å². The predicted octanol–water partition coefficient (Wildman–Crippen LogP) is 2.06. The standard InChI is InChI=1S/C14H20N4O/c1-10-3-2-8-18(9-10)13-7-6-12(16-17-13)15-14(19)11-4-5-11/h6-7,10-11H,2-5,8-9H2,1H3,(H,15,16,19). The first-order valence-electron chi connectivity index (χ1n) is 7.12. The fourth-order valence-electron chi connectivity index (χ4n) is 2.53. The van der Waals surface area contributed by atoms with Crippen LogP contribution < -0.4 is 10.2 Å². The lowest BCUT2D eigenvalue weighted by Gasteiger charge is -2.31. The van der Waals surface area contributed by atoms with Gasteiger partial charge in [0.25, 0.3) is 0 Å². The first-order chi connectivity index (χ1) is 9.22. The van der Waals surface area contributed by atoms with E-state index in [1.165, 1.54) is 12.8 Å². The van der Waals surface area contributed by atoms with E-state index in [0.29, 0.717) is 11.7 Å². The molecule has 1 saturated carbocycles. The lowest BCUT2D eigenvalue weighted by Crippen LogP contribution is -2.34. The Morgan fingerprint density at radius 1 is 1.32 bits per heavy atom. The number of amides is 1. The van der Waals surface area contributed by atoms with E-state index in [1.54, 1.807) is 0 Å². The maximum absolute atomic E-state index is 11.6. The smallest absolute Gasteiger partial charge is 0.228 e. The van der Waals surface area contributed by atoms with E-state index in [9.17, 15) is 4.79 Å². The van der Waals surface area contributed by atoms with E-state index in [2.05, 4.69) is 27.3 Å². The third-order valence-corrected chi connectivity index (χ3v) is 3.83. The number of nitrogens with zero attached hydrogens (tertiary/aromatic N) is 3. The van der Waals surface area contributed by atoms with Crippen molar-refractivity contribution in [1.82, 2.24) is 10.2 Å². The summed E-state index contributed by atoms with van der Waals surface area (Å²) < 4.78 is 0. The number of carbonyl (C=O) groups is 1. The zero-order valence-electron chi connectivity index (χ0n) is 11.3. The van der Waals surface area contributed by atoms with Gasteiger partial charge >= 0.3 is 0 Å². The number of hydrogen-bond donors (Lipinski definition) is 1. The zero-order valence-corrected chi connectivity index (χ0v) is 11.3. The van der Waals surface area contributed by atoms with Gasteiger partial charge < -0.3 is 10.2 Å². The molecule has 1 N–H and O–H groups in total. The second kappa shape index (κ2) is 5.15. The number of rotatable bonds is 3. The molecule has 0 spiro atoms. The maximum atomic E-state index is 11.6. The Balaban J connectivity index is 1.62.